The molecule has 0 unspecified atom stereocenters. The van der Waals surface area contributed by atoms with Crippen molar-refractivity contribution in [3.05, 3.63) is 109 Å². The lowest BCUT2D eigenvalue weighted by Crippen LogP contribution is -1.73. The van der Waals surface area contributed by atoms with Crippen molar-refractivity contribution in [2.75, 3.05) is 0 Å². The first-order chi connectivity index (χ1) is 11.9. The van der Waals surface area contributed by atoms with Crippen molar-refractivity contribution < 1.29 is 0 Å². The van der Waals surface area contributed by atoms with Crippen LogP contribution in [-0.4, -0.2) is 0 Å². The zero-order valence-corrected chi connectivity index (χ0v) is 14.4. The van der Waals surface area contributed by atoms with E-state index >= 15 is 0 Å². The van der Waals surface area contributed by atoms with Gasteiger partial charge in [-0.2, -0.15) is 0 Å². The van der Waals surface area contributed by atoms with E-state index in [9.17, 15) is 0 Å². The van der Waals surface area contributed by atoms with Gasteiger partial charge in [0.25, 0.3) is 0 Å². The van der Waals surface area contributed by atoms with Gasteiger partial charge in [0, 0.05) is 0 Å². The molecular formula is C24H24. The first kappa shape index (κ1) is 17.5. The third-order valence-electron chi connectivity index (χ3n) is 3.54. The summed E-state index contributed by atoms with van der Waals surface area (Å²) in [5, 5.41) is 2.62. The van der Waals surface area contributed by atoms with Gasteiger partial charge in [-0.05, 0) is 21.9 Å². The molecule has 0 heteroatoms. The molecule has 24 heavy (non-hydrogen) atoms. The zero-order valence-electron chi connectivity index (χ0n) is 14.4. The molecule has 0 bridgehead atoms. The topological polar surface area (TPSA) is 0 Å². The molecule has 120 valence electrons. The van der Waals surface area contributed by atoms with E-state index in [-0.39, 0.29) is 0 Å². The normalized spacial score (nSPS) is 9.25. The molecule has 0 heterocycles. The van der Waals surface area contributed by atoms with Gasteiger partial charge in [-0.3, -0.25) is 0 Å². The van der Waals surface area contributed by atoms with Gasteiger partial charge in [-0.1, -0.05) is 123 Å². The first-order valence-electron chi connectivity index (χ1n) is 8.48. The maximum Gasteiger partial charge on any atom is -0.0184 e. The summed E-state index contributed by atoms with van der Waals surface area (Å²) in [5.41, 5.74) is 2.55. The second-order valence-corrected chi connectivity index (χ2v) is 5.08. The van der Waals surface area contributed by atoms with Crippen LogP contribution in [0.2, 0.25) is 0 Å². The van der Waals surface area contributed by atoms with Crippen LogP contribution in [0.15, 0.2) is 109 Å². The predicted molar refractivity (Wildman–Crippen MR) is 107 cm³/mol. The highest BCUT2D eigenvalue weighted by molar-refractivity contribution is 5.82. The van der Waals surface area contributed by atoms with Gasteiger partial charge in [0.15, 0.2) is 0 Å². The van der Waals surface area contributed by atoms with E-state index in [1.54, 1.807) is 0 Å². The molecule has 4 aromatic rings. The molecule has 0 saturated carbocycles. The average molecular weight is 312 g/mol. The molecule has 0 amide bonds. The van der Waals surface area contributed by atoms with Gasteiger partial charge in [-0.25, -0.2) is 0 Å². The minimum atomic E-state index is 1.28. The Balaban J connectivity index is 0.000000160. The lowest BCUT2D eigenvalue weighted by molar-refractivity contribution is 1.50. The maximum atomic E-state index is 2.12. The fourth-order valence-corrected chi connectivity index (χ4v) is 2.39. The van der Waals surface area contributed by atoms with Crippen LogP contribution in [0.3, 0.4) is 0 Å². The predicted octanol–water partition coefficient (Wildman–Crippen LogP) is 7.22. The molecule has 0 fully saturated rings. The summed E-state index contributed by atoms with van der Waals surface area (Å²) in [6.07, 6.45) is 0. The number of hydrogen-bond donors (Lipinski definition) is 0. The zero-order chi connectivity index (χ0) is 17.0. The van der Waals surface area contributed by atoms with Crippen LogP contribution in [0, 0.1) is 0 Å². The highest BCUT2D eigenvalue weighted by Crippen LogP contribution is 2.17. The number of rotatable bonds is 1. The van der Waals surface area contributed by atoms with E-state index in [0.29, 0.717) is 0 Å². The molecule has 0 aliphatic carbocycles. The van der Waals surface area contributed by atoms with Gasteiger partial charge < -0.3 is 0 Å². The molecule has 0 aliphatic rings. The number of fused-ring (bicyclic) bond motifs is 1. The molecule has 0 atom stereocenters. The SMILES string of the molecule is CC.c1ccc(-c2ccccc2)cc1.c1ccc2ccccc2c1. The van der Waals surface area contributed by atoms with E-state index in [4.69, 9.17) is 0 Å². The van der Waals surface area contributed by atoms with Crippen molar-refractivity contribution in [2.24, 2.45) is 0 Å². The molecule has 0 nitrogen and oxygen atoms in total. The second-order valence-electron chi connectivity index (χ2n) is 5.08. The van der Waals surface area contributed by atoms with E-state index in [2.05, 4.69) is 97.1 Å². The third-order valence-corrected chi connectivity index (χ3v) is 3.54. The van der Waals surface area contributed by atoms with E-state index in [1.165, 1.54) is 21.9 Å². The monoisotopic (exact) mass is 312 g/mol. The van der Waals surface area contributed by atoms with Crippen LogP contribution >= 0.6 is 0 Å². The Morgan fingerprint density at radius 2 is 0.583 bits per heavy atom. The summed E-state index contributed by atoms with van der Waals surface area (Å²) in [5.74, 6) is 0. The van der Waals surface area contributed by atoms with Crippen LogP contribution in [0.4, 0.5) is 0 Å². The summed E-state index contributed by atoms with van der Waals surface area (Å²) in [6, 6.07) is 37.5. The molecule has 4 aromatic carbocycles. The quantitative estimate of drug-likeness (QED) is 0.348. The van der Waals surface area contributed by atoms with Gasteiger partial charge in [-0.15, -0.1) is 0 Å². The minimum Gasteiger partial charge on any atom is -0.0683 e. The summed E-state index contributed by atoms with van der Waals surface area (Å²) in [7, 11) is 0. The molecule has 0 aromatic heterocycles. The number of benzene rings is 4. The highest BCUT2D eigenvalue weighted by atomic mass is 14.0. The lowest BCUT2D eigenvalue weighted by atomic mass is 10.1. The second kappa shape index (κ2) is 10.0. The van der Waals surface area contributed by atoms with E-state index < -0.39 is 0 Å². The summed E-state index contributed by atoms with van der Waals surface area (Å²) < 4.78 is 0. The molecule has 0 saturated heterocycles. The van der Waals surface area contributed by atoms with Crippen molar-refractivity contribution in [3.8, 4) is 11.1 Å². The average Bonchev–Trinajstić information content (AvgIpc) is 2.71. The van der Waals surface area contributed by atoms with Crippen molar-refractivity contribution in [1.29, 1.82) is 0 Å². The van der Waals surface area contributed by atoms with Gasteiger partial charge in [0.05, 0.1) is 0 Å². The Morgan fingerprint density at radius 1 is 0.333 bits per heavy atom. The number of hydrogen-bond acceptors (Lipinski definition) is 0. The Hall–Kier alpha value is -2.86. The Kier molecular flexibility index (Phi) is 7.30. The van der Waals surface area contributed by atoms with Crippen LogP contribution in [0.25, 0.3) is 21.9 Å². The van der Waals surface area contributed by atoms with Crippen molar-refractivity contribution in [2.45, 2.75) is 13.8 Å². The highest BCUT2D eigenvalue weighted by Gasteiger charge is 1.91. The van der Waals surface area contributed by atoms with Gasteiger partial charge in [0.1, 0.15) is 0 Å². The first-order valence-corrected chi connectivity index (χ1v) is 8.48. The van der Waals surface area contributed by atoms with Crippen LogP contribution < -0.4 is 0 Å². The summed E-state index contributed by atoms with van der Waals surface area (Å²) in [6.45, 7) is 4.00. The minimum absolute atomic E-state index is 1.28. The molecule has 0 N–H and O–H groups in total. The Bertz CT molecular complexity index is 715. The fraction of sp³-hybridized carbons (Fsp3) is 0.0833. The van der Waals surface area contributed by atoms with Gasteiger partial charge in [0.2, 0.25) is 0 Å². The van der Waals surface area contributed by atoms with Gasteiger partial charge >= 0.3 is 0 Å². The molecule has 4 rings (SSSR count). The smallest absolute Gasteiger partial charge is 0.0184 e. The van der Waals surface area contributed by atoms with Crippen molar-refractivity contribution in [1.82, 2.24) is 0 Å². The standard InChI is InChI=1S/C12H10.C10H8.C2H6/c1-3-7-11(8-4-1)12-9-5-2-6-10-12;1-2-6-10-8-4-3-7-9(10)5-1;1-2/h1-10H;1-8H;1-2H3. The lowest BCUT2D eigenvalue weighted by Gasteiger charge is -1.98. The van der Waals surface area contributed by atoms with Crippen LogP contribution in [0.1, 0.15) is 13.8 Å². The largest absolute Gasteiger partial charge is 0.0683 e. The van der Waals surface area contributed by atoms with Crippen LogP contribution in [-0.2, 0) is 0 Å². The molecule has 0 aliphatic heterocycles. The van der Waals surface area contributed by atoms with Crippen LogP contribution in [0.5, 0.6) is 0 Å². The summed E-state index contributed by atoms with van der Waals surface area (Å²) >= 11 is 0. The third kappa shape index (κ3) is 5.10. The Labute approximate surface area is 145 Å². The Morgan fingerprint density at radius 3 is 0.875 bits per heavy atom. The van der Waals surface area contributed by atoms with E-state index in [0.717, 1.165) is 0 Å². The van der Waals surface area contributed by atoms with E-state index in [1.807, 2.05) is 26.0 Å². The molecule has 0 radical (unpaired) electrons. The van der Waals surface area contributed by atoms with Crippen molar-refractivity contribution in [3.63, 3.8) is 0 Å². The fourth-order valence-electron chi connectivity index (χ4n) is 2.39. The molecule has 0 spiro atoms. The van der Waals surface area contributed by atoms with Crippen molar-refractivity contribution >= 4 is 10.8 Å². The molecular weight excluding hydrogens is 288 g/mol. The maximum absolute atomic E-state index is 2.12. The summed E-state index contributed by atoms with van der Waals surface area (Å²) in [4.78, 5) is 0.